The molecule has 1 aliphatic heterocycles. The van der Waals surface area contributed by atoms with Crippen molar-refractivity contribution in [2.45, 2.75) is 32.2 Å². The number of hydrogen-bond acceptors (Lipinski definition) is 3. The normalized spacial score (nSPS) is 18.2. The van der Waals surface area contributed by atoms with Gasteiger partial charge in [-0.25, -0.2) is 4.98 Å². The van der Waals surface area contributed by atoms with Gasteiger partial charge < -0.3 is 9.80 Å². The van der Waals surface area contributed by atoms with Crippen LogP contribution in [0.1, 0.15) is 26.2 Å². The molecule has 3 heteroatoms. The van der Waals surface area contributed by atoms with Gasteiger partial charge in [-0.1, -0.05) is 13.0 Å². The van der Waals surface area contributed by atoms with Crippen LogP contribution in [0.15, 0.2) is 24.4 Å². The van der Waals surface area contributed by atoms with Crippen LogP contribution >= 0.6 is 0 Å². The molecule has 0 amide bonds. The third kappa shape index (κ3) is 3.19. The topological polar surface area (TPSA) is 19.4 Å². The predicted octanol–water partition coefficient (Wildman–Crippen LogP) is 2.39. The minimum atomic E-state index is 0.668. The molecule has 0 radical (unpaired) electrons. The van der Waals surface area contributed by atoms with Crippen LogP contribution in [0.5, 0.6) is 0 Å². The third-order valence-corrected chi connectivity index (χ3v) is 3.54. The van der Waals surface area contributed by atoms with Crippen molar-refractivity contribution in [3.63, 3.8) is 0 Å². The molecule has 0 bridgehead atoms. The van der Waals surface area contributed by atoms with Gasteiger partial charge in [0.2, 0.25) is 0 Å². The number of piperidine rings is 1. The highest BCUT2D eigenvalue weighted by atomic mass is 15.2. The SMILES string of the molecule is CCCN(c1ccccn1)C1CCN(C)CC1. The molecule has 0 unspecified atom stereocenters. The molecular weight excluding hydrogens is 210 g/mol. The summed E-state index contributed by atoms with van der Waals surface area (Å²) in [5, 5.41) is 0. The summed E-state index contributed by atoms with van der Waals surface area (Å²) in [6.45, 7) is 5.77. The van der Waals surface area contributed by atoms with Crippen molar-refractivity contribution in [1.82, 2.24) is 9.88 Å². The minimum absolute atomic E-state index is 0.668. The van der Waals surface area contributed by atoms with Gasteiger partial charge in [-0.15, -0.1) is 0 Å². The summed E-state index contributed by atoms with van der Waals surface area (Å²) < 4.78 is 0. The molecule has 2 rings (SSSR count). The zero-order valence-corrected chi connectivity index (χ0v) is 11.0. The summed E-state index contributed by atoms with van der Waals surface area (Å²) >= 11 is 0. The van der Waals surface area contributed by atoms with Gasteiger partial charge in [0.05, 0.1) is 0 Å². The smallest absolute Gasteiger partial charge is 0.128 e. The van der Waals surface area contributed by atoms with Crippen molar-refractivity contribution in [2.75, 3.05) is 31.6 Å². The van der Waals surface area contributed by atoms with Crippen LogP contribution in [0, 0.1) is 0 Å². The standard InChI is InChI=1S/C14H23N3/c1-3-10-17(14-6-4-5-9-15-14)13-7-11-16(2)12-8-13/h4-6,9,13H,3,7-8,10-12H2,1-2H3. The molecule has 1 saturated heterocycles. The van der Waals surface area contributed by atoms with Gasteiger partial charge >= 0.3 is 0 Å². The number of hydrogen-bond donors (Lipinski definition) is 0. The second kappa shape index (κ2) is 6.01. The Morgan fingerprint density at radius 1 is 1.35 bits per heavy atom. The summed E-state index contributed by atoms with van der Waals surface area (Å²) in [7, 11) is 2.21. The van der Waals surface area contributed by atoms with Crippen molar-refractivity contribution >= 4 is 5.82 Å². The van der Waals surface area contributed by atoms with Crippen LogP contribution in [-0.4, -0.2) is 42.6 Å². The van der Waals surface area contributed by atoms with Crippen molar-refractivity contribution in [3.05, 3.63) is 24.4 Å². The Kier molecular flexibility index (Phi) is 4.37. The Hall–Kier alpha value is -1.09. The van der Waals surface area contributed by atoms with Gasteiger partial charge in [0, 0.05) is 18.8 Å². The van der Waals surface area contributed by atoms with Crippen LogP contribution in [0.2, 0.25) is 0 Å². The Bertz CT molecular complexity index is 317. The molecule has 1 aliphatic rings. The van der Waals surface area contributed by atoms with Gasteiger partial charge in [0.1, 0.15) is 5.82 Å². The number of rotatable bonds is 4. The minimum Gasteiger partial charge on any atom is -0.354 e. The summed E-state index contributed by atoms with van der Waals surface area (Å²) in [5.74, 6) is 1.14. The number of nitrogens with zero attached hydrogens (tertiary/aromatic N) is 3. The van der Waals surface area contributed by atoms with Gasteiger partial charge in [0.15, 0.2) is 0 Å². The maximum absolute atomic E-state index is 4.50. The molecule has 94 valence electrons. The predicted molar refractivity (Wildman–Crippen MR) is 72.4 cm³/mol. The van der Waals surface area contributed by atoms with Crippen LogP contribution in [-0.2, 0) is 0 Å². The van der Waals surface area contributed by atoms with Gasteiger partial charge in [-0.05, 0) is 51.5 Å². The molecule has 0 spiro atoms. The molecule has 0 saturated carbocycles. The van der Waals surface area contributed by atoms with E-state index in [-0.39, 0.29) is 0 Å². The molecule has 0 N–H and O–H groups in total. The van der Waals surface area contributed by atoms with E-state index in [9.17, 15) is 0 Å². The highest BCUT2D eigenvalue weighted by Gasteiger charge is 2.23. The lowest BCUT2D eigenvalue weighted by Gasteiger charge is -2.38. The number of aromatic nitrogens is 1. The highest BCUT2D eigenvalue weighted by molar-refractivity contribution is 5.39. The zero-order chi connectivity index (χ0) is 12.1. The Labute approximate surface area is 104 Å². The van der Waals surface area contributed by atoms with Crippen LogP contribution < -0.4 is 4.90 Å². The largest absolute Gasteiger partial charge is 0.354 e. The Balaban J connectivity index is 2.07. The first-order valence-corrected chi connectivity index (χ1v) is 6.67. The van der Waals surface area contributed by atoms with E-state index in [0.717, 1.165) is 12.4 Å². The number of anilines is 1. The molecule has 1 fully saturated rings. The van der Waals surface area contributed by atoms with E-state index >= 15 is 0 Å². The van der Waals surface area contributed by atoms with E-state index in [1.807, 2.05) is 12.3 Å². The fourth-order valence-electron chi connectivity index (χ4n) is 2.56. The van der Waals surface area contributed by atoms with E-state index < -0.39 is 0 Å². The average molecular weight is 233 g/mol. The number of likely N-dealkylation sites (tertiary alicyclic amines) is 1. The summed E-state index contributed by atoms with van der Waals surface area (Å²) in [6.07, 6.45) is 5.59. The first-order chi connectivity index (χ1) is 8.31. The van der Waals surface area contributed by atoms with E-state index in [4.69, 9.17) is 0 Å². The molecular formula is C14H23N3. The molecule has 0 aromatic carbocycles. The molecule has 0 atom stereocenters. The fraction of sp³-hybridized carbons (Fsp3) is 0.643. The second-order valence-corrected chi connectivity index (χ2v) is 4.92. The van der Waals surface area contributed by atoms with Gasteiger partial charge in [-0.2, -0.15) is 0 Å². The molecule has 3 nitrogen and oxygen atoms in total. The molecule has 0 aliphatic carbocycles. The van der Waals surface area contributed by atoms with Crippen LogP contribution in [0.3, 0.4) is 0 Å². The fourth-order valence-corrected chi connectivity index (χ4v) is 2.56. The second-order valence-electron chi connectivity index (χ2n) is 4.92. The molecule has 1 aromatic heterocycles. The summed E-state index contributed by atoms with van der Waals surface area (Å²) in [4.78, 5) is 9.41. The van der Waals surface area contributed by atoms with E-state index in [1.54, 1.807) is 0 Å². The van der Waals surface area contributed by atoms with Crippen molar-refractivity contribution < 1.29 is 0 Å². The van der Waals surface area contributed by atoms with Crippen molar-refractivity contribution in [3.8, 4) is 0 Å². The summed E-state index contributed by atoms with van der Waals surface area (Å²) in [6, 6.07) is 6.87. The third-order valence-electron chi connectivity index (χ3n) is 3.54. The zero-order valence-electron chi connectivity index (χ0n) is 11.0. The van der Waals surface area contributed by atoms with Gasteiger partial charge in [-0.3, -0.25) is 0 Å². The van der Waals surface area contributed by atoms with Crippen LogP contribution in [0.4, 0.5) is 5.82 Å². The first-order valence-electron chi connectivity index (χ1n) is 6.67. The lowest BCUT2D eigenvalue weighted by atomic mass is 10.0. The lowest BCUT2D eigenvalue weighted by molar-refractivity contribution is 0.249. The maximum Gasteiger partial charge on any atom is 0.128 e. The highest BCUT2D eigenvalue weighted by Crippen LogP contribution is 2.21. The first kappa shape index (κ1) is 12.4. The summed E-state index contributed by atoms with van der Waals surface area (Å²) in [5.41, 5.74) is 0. The molecule has 2 heterocycles. The van der Waals surface area contributed by atoms with E-state index in [2.05, 4.69) is 40.9 Å². The van der Waals surface area contributed by atoms with E-state index in [1.165, 1.54) is 32.4 Å². The monoisotopic (exact) mass is 233 g/mol. The maximum atomic E-state index is 4.50. The molecule has 17 heavy (non-hydrogen) atoms. The van der Waals surface area contributed by atoms with Gasteiger partial charge in [0.25, 0.3) is 0 Å². The quantitative estimate of drug-likeness (QED) is 0.796. The Morgan fingerprint density at radius 3 is 2.71 bits per heavy atom. The number of pyridine rings is 1. The van der Waals surface area contributed by atoms with Crippen molar-refractivity contribution in [1.29, 1.82) is 0 Å². The average Bonchev–Trinajstić information content (AvgIpc) is 2.38. The van der Waals surface area contributed by atoms with Crippen molar-refractivity contribution in [2.24, 2.45) is 0 Å². The lowest BCUT2D eigenvalue weighted by Crippen LogP contribution is -2.44. The molecule has 1 aromatic rings. The van der Waals surface area contributed by atoms with E-state index in [0.29, 0.717) is 6.04 Å². The van der Waals surface area contributed by atoms with Crippen LogP contribution in [0.25, 0.3) is 0 Å². The Morgan fingerprint density at radius 2 is 2.12 bits per heavy atom.